The standard InChI is InChI=1S/C17H25NO2.ClH/c1-15(2)16-6-5-7-17(14-16)20-11-4-3-8-18-9-12-19-13-10-18;/h3-7,14-15H,8-13H2,1-2H3;1H/b4-3+;. The summed E-state index contributed by atoms with van der Waals surface area (Å²) in [5, 5.41) is 0. The number of hydrogen-bond donors (Lipinski definition) is 0. The topological polar surface area (TPSA) is 21.7 Å². The molecule has 2 rings (SSSR count). The zero-order valence-corrected chi connectivity index (χ0v) is 13.8. The summed E-state index contributed by atoms with van der Waals surface area (Å²) in [4.78, 5) is 2.39. The number of nitrogens with zero attached hydrogens (tertiary/aromatic N) is 1. The van der Waals surface area contributed by atoms with Gasteiger partial charge in [-0.3, -0.25) is 4.90 Å². The second kappa shape index (κ2) is 9.82. The van der Waals surface area contributed by atoms with Gasteiger partial charge >= 0.3 is 0 Å². The van der Waals surface area contributed by atoms with E-state index in [9.17, 15) is 0 Å². The van der Waals surface area contributed by atoms with Crippen LogP contribution in [0.5, 0.6) is 5.75 Å². The summed E-state index contributed by atoms with van der Waals surface area (Å²) in [6.45, 7) is 9.77. The van der Waals surface area contributed by atoms with Crippen LogP contribution in [0, 0.1) is 0 Å². The van der Waals surface area contributed by atoms with E-state index >= 15 is 0 Å². The Bertz CT molecular complexity index is 429. The zero-order valence-electron chi connectivity index (χ0n) is 13.0. The SMILES string of the molecule is CC(C)c1cccc(OC/C=C/CN2CCOCC2)c1.Cl. The number of halogens is 1. The molecular formula is C17H26ClNO2. The van der Waals surface area contributed by atoms with Gasteiger partial charge in [0.15, 0.2) is 0 Å². The van der Waals surface area contributed by atoms with Gasteiger partial charge in [-0.1, -0.05) is 38.1 Å². The number of morpholine rings is 1. The van der Waals surface area contributed by atoms with Crippen LogP contribution in [-0.4, -0.2) is 44.4 Å². The molecule has 1 heterocycles. The molecule has 0 saturated carbocycles. The van der Waals surface area contributed by atoms with Crippen LogP contribution in [0.3, 0.4) is 0 Å². The molecule has 0 aliphatic carbocycles. The molecule has 0 unspecified atom stereocenters. The molecule has 0 aromatic heterocycles. The maximum absolute atomic E-state index is 5.76. The van der Waals surface area contributed by atoms with Gasteiger partial charge in [-0.25, -0.2) is 0 Å². The Balaban J connectivity index is 0.00000220. The third-order valence-corrected chi connectivity index (χ3v) is 3.50. The Hall–Kier alpha value is -1.03. The fraction of sp³-hybridized carbons (Fsp3) is 0.529. The van der Waals surface area contributed by atoms with Crippen molar-refractivity contribution in [2.75, 3.05) is 39.5 Å². The van der Waals surface area contributed by atoms with E-state index in [1.54, 1.807) is 0 Å². The van der Waals surface area contributed by atoms with Crippen LogP contribution >= 0.6 is 12.4 Å². The normalized spacial score (nSPS) is 16.1. The van der Waals surface area contributed by atoms with Crippen LogP contribution in [0.15, 0.2) is 36.4 Å². The molecule has 1 aliphatic heterocycles. The second-order valence-electron chi connectivity index (χ2n) is 5.42. The first-order chi connectivity index (χ1) is 9.75. The Labute approximate surface area is 134 Å². The smallest absolute Gasteiger partial charge is 0.120 e. The quantitative estimate of drug-likeness (QED) is 0.751. The highest BCUT2D eigenvalue weighted by molar-refractivity contribution is 5.85. The van der Waals surface area contributed by atoms with Gasteiger partial charge in [-0.2, -0.15) is 0 Å². The first-order valence-corrected chi connectivity index (χ1v) is 7.43. The van der Waals surface area contributed by atoms with Crippen LogP contribution in [-0.2, 0) is 4.74 Å². The Morgan fingerprint density at radius 3 is 2.71 bits per heavy atom. The number of hydrogen-bond acceptors (Lipinski definition) is 3. The van der Waals surface area contributed by atoms with Gasteiger partial charge in [0.1, 0.15) is 12.4 Å². The molecule has 21 heavy (non-hydrogen) atoms. The van der Waals surface area contributed by atoms with E-state index in [1.807, 2.05) is 6.07 Å². The third-order valence-electron chi connectivity index (χ3n) is 3.50. The van der Waals surface area contributed by atoms with E-state index in [-0.39, 0.29) is 12.4 Å². The Morgan fingerprint density at radius 1 is 1.24 bits per heavy atom. The van der Waals surface area contributed by atoms with E-state index in [2.05, 4.69) is 49.1 Å². The van der Waals surface area contributed by atoms with Gasteiger partial charge < -0.3 is 9.47 Å². The van der Waals surface area contributed by atoms with E-state index in [1.165, 1.54) is 5.56 Å². The molecule has 0 atom stereocenters. The summed E-state index contributed by atoms with van der Waals surface area (Å²) in [6, 6.07) is 8.34. The maximum atomic E-state index is 5.76. The highest BCUT2D eigenvalue weighted by atomic mass is 35.5. The summed E-state index contributed by atoms with van der Waals surface area (Å²) in [7, 11) is 0. The average Bonchev–Trinajstić information content (AvgIpc) is 2.48. The average molecular weight is 312 g/mol. The summed E-state index contributed by atoms with van der Waals surface area (Å²) in [6.07, 6.45) is 4.27. The largest absolute Gasteiger partial charge is 0.490 e. The lowest BCUT2D eigenvalue weighted by Gasteiger charge is -2.25. The van der Waals surface area contributed by atoms with Gasteiger partial charge in [-0.05, 0) is 23.6 Å². The molecule has 0 spiro atoms. The van der Waals surface area contributed by atoms with E-state index in [0.717, 1.165) is 38.6 Å². The van der Waals surface area contributed by atoms with Crippen LogP contribution in [0.2, 0.25) is 0 Å². The number of benzene rings is 1. The zero-order chi connectivity index (χ0) is 14.2. The van der Waals surface area contributed by atoms with Crippen molar-refractivity contribution in [3.8, 4) is 5.75 Å². The number of rotatable bonds is 6. The molecule has 1 saturated heterocycles. The summed E-state index contributed by atoms with van der Waals surface area (Å²) >= 11 is 0. The molecule has 0 N–H and O–H groups in total. The highest BCUT2D eigenvalue weighted by Gasteiger charge is 2.07. The minimum Gasteiger partial charge on any atom is -0.490 e. The lowest BCUT2D eigenvalue weighted by atomic mass is 10.0. The van der Waals surface area contributed by atoms with Crippen molar-refractivity contribution in [3.05, 3.63) is 42.0 Å². The summed E-state index contributed by atoms with van der Waals surface area (Å²) in [5.41, 5.74) is 1.32. The molecule has 0 amide bonds. The lowest BCUT2D eigenvalue weighted by molar-refractivity contribution is 0.0434. The molecule has 1 aromatic rings. The lowest BCUT2D eigenvalue weighted by Crippen LogP contribution is -2.36. The monoisotopic (exact) mass is 311 g/mol. The van der Waals surface area contributed by atoms with Crippen LogP contribution in [0.4, 0.5) is 0 Å². The predicted octanol–water partition coefficient (Wildman–Crippen LogP) is 3.50. The van der Waals surface area contributed by atoms with Crippen molar-refractivity contribution in [1.82, 2.24) is 4.90 Å². The van der Waals surface area contributed by atoms with E-state index in [0.29, 0.717) is 12.5 Å². The van der Waals surface area contributed by atoms with E-state index < -0.39 is 0 Å². The summed E-state index contributed by atoms with van der Waals surface area (Å²) < 4.78 is 11.1. The third kappa shape index (κ3) is 6.51. The van der Waals surface area contributed by atoms with Gasteiger partial charge in [0.05, 0.1) is 13.2 Å². The van der Waals surface area contributed by atoms with Gasteiger partial charge in [0.25, 0.3) is 0 Å². The second-order valence-corrected chi connectivity index (χ2v) is 5.42. The molecule has 1 aromatic carbocycles. The maximum Gasteiger partial charge on any atom is 0.120 e. The van der Waals surface area contributed by atoms with Crippen molar-refractivity contribution < 1.29 is 9.47 Å². The highest BCUT2D eigenvalue weighted by Crippen LogP contribution is 2.19. The van der Waals surface area contributed by atoms with Crippen LogP contribution in [0.25, 0.3) is 0 Å². The van der Waals surface area contributed by atoms with Crippen LogP contribution in [0.1, 0.15) is 25.3 Å². The van der Waals surface area contributed by atoms with Crippen molar-refractivity contribution in [2.24, 2.45) is 0 Å². The molecule has 0 bridgehead atoms. The van der Waals surface area contributed by atoms with Gasteiger partial charge in [-0.15, -0.1) is 12.4 Å². The van der Waals surface area contributed by atoms with Crippen molar-refractivity contribution in [3.63, 3.8) is 0 Å². The molecule has 4 heteroatoms. The molecule has 1 fully saturated rings. The molecule has 0 radical (unpaired) electrons. The molecule has 118 valence electrons. The fourth-order valence-corrected chi connectivity index (χ4v) is 2.18. The van der Waals surface area contributed by atoms with Crippen molar-refractivity contribution in [2.45, 2.75) is 19.8 Å². The molecule has 1 aliphatic rings. The minimum atomic E-state index is 0. The summed E-state index contributed by atoms with van der Waals surface area (Å²) in [5.74, 6) is 1.49. The van der Waals surface area contributed by atoms with E-state index in [4.69, 9.17) is 9.47 Å². The molecule has 3 nitrogen and oxygen atoms in total. The Kier molecular flexibility index (Phi) is 8.43. The first kappa shape index (κ1) is 18.0. The predicted molar refractivity (Wildman–Crippen MR) is 89.7 cm³/mol. The van der Waals surface area contributed by atoms with Gasteiger partial charge in [0.2, 0.25) is 0 Å². The number of ether oxygens (including phenoxy) is 2. The first-order valence-electron chi connectivity index (χ1n) is 7.43. The van der Waals surface area contributed by atoms with Crippen molar-refractivity contribution in [1.29, 1.82) is 0 Å². The fourth-order valence-electron chi connectivity index (χ4n) is 2.18. The molecular weight excluding hydrogens is 286 g/mol. The minimum absolute atomic E-state index is 0. The Morgan fingerprint density at radius 2 is 2.00 bits per heavy atom. The van der Waals surface area contributed by atoms with Crippen LogP contribution < -0.4 is 4.74 Å². The van der Waals surface area contributed by atoms with Crippen molar-refractivity contribution >= 4 is 12.4 Å². The van der Waals surface area contributed by atoms with Gasteiger partial charge in [0, 0.05) is 19.6 Å².